The van der Waals surface area contributed by atoms with Crippen molar-refractivity contribution in [1.82, 2.24) is 10.2 Å². The van der Waals surface area contributed by atoms with Gasteiger partial charge in [-0.15, -0.1) is 0 Å². The second kappa shape index (κ2) is 7.10. The molecule has 2 fully saturated rings. The van der Waals surface area contributed by atoms with E-state index in [0.29, 0.717) is 6.04 Å². The van der Waals surface area contributed by atoms with Gasteiger partial charge in [0, 0.05) is 25.0 Å². The zero-order valence-corrected chi connectivity index (χ0v) is 11.2. The number of carbonyl (C=O) groups is 1. The zero-order valence-electron chi connectivity index (χ0n) is 11.2. The number of hydrogen-bond acceptors (Lipinski definition) is 3. The van der Waals surface area contributed by atoms with Crippen molar-refractivity contribution in [2.75, 3.05) is 26.2 Å². The second-order valence-corrected chi connectivity index (χ2v) is 5.64. The lowest BCUT2D eigenvalue weighted by molar-refractivity contribution is -0.124. The summed E-state index contributed by atoms with van der Waals surface area (Å²) < 4.78 is 0. The van der Waals surface area contributed by atoms with Crippen molar-refractivity contribution in [3.05, 3.63) is 0 Å². The maximum absolute atomic E-state index is 11.8. The van der Waals surface area contributed by atoms with Gasteiger partial charge in [0.15, 0.2) is 0 Å². The molecular formula is C14H26N2O2. The molecule has 0 aromatic carbocycles. The van der Waals surface area contributed by atoms with Crippen LogP contribution in [0.15, 0.2) is 0 Å². The third kappa shape index (κ3) is 3.69. The van der Waals surface area contributed by atoms with Crippen molar-refractivity contribution in [3.8, 4) is 0 Å². The number of nitrogens with zero attached hydrogens (tertiary/aromatic N) is 1. The molecule has 0 unspecified atom stereocenters. The van der Waals surface area contributed by atoms with Gasteiger partial charge in [0.1, 0.15) is 0 Å². The highest BCUT2D eigenvalue weighted by molar-refractivity contribution is 5.78. The molecule has 4 nitrogen and oxygen atoms in total. The maximum atomic E-state index is 11.8. The van der Waals surface area contributed by atoms with E-state index in [-0.39, 0.29) is 18.4 Å². The molecular weight excluding hydrogens is 228 g/mol. The van der Waals surface area contributed by atoms with Crippen molar-refractivity contribution < 1.29 is 9.90 Å². The van der Waals surface area contributed by atoms with Gasteiger partial charge in [-0.1, -0.05) is 12.8 Å². The third-order valence-corrected chi connectivity index (χ3v) is 4.36. The topological polar surface area (TPSA) is 52.6 Å². The SMILES string of the molecule is O=C(NCCCN1CCC[C@H]1CO)C1CCCC1. The summed E-state index contributed by atoms with van der Waals surface area (Å²) in [6, 6.07) is 0.357. The zero-order chi connectivity index (χ0) is 12.8. The Bertz CT molecular complexity index is 265. The van der Waals surface area contributed by atoms with Gasteiger partial charge in [0.05, 0.1) is 6.61 Å². The molecule has 0 bridgehead atoms. The number of likely N-dealkylation sites (tertiary alicyclic amines) is 1. The Morgan fingerprint density at radius 1 is 1.22 bits per heavy atom. The van der Waals surface area contributed by atoms with E-state index in [1.165, 1.54) is 19.3 Å². The molecule has 18 heavy (non-hydrogen) atoms. The monoisotopic (exact) mass is 254 g/mol. The first-order valence-electron chi connectivity index (χ1n) is 7.44. The molecule has 2 aliphatic rings. The number of aliphatic hydroxyl groups excluding tert-OH is 1. The van der Waals surface area contributed by atoms with E-state index in [2.05, 4.69) is 10.2 Å². The summed E-state index contributed by atoms with van der Waals surface area (Å²) in [5.41, 5.74) is 0. The van der Waals surface area contributed by atoms with Crippen molar-refractivity contribution in [2.24, 2.45) is 5.92 Å². The number of rotatable bonds is 6. The summed E-state index contributed by atoms with van der Waals surface area (Å²) in [6.07, 6.45) is 7.88. The molecule has 1 aliphatic carbocycles. The van der Waals surface area contributed by atoms with Crippen LogP contribution >= 0.6 is 0 Å². The number of nitrogens with one attached hydrogen (secondary N) is 1. The van der Waals surface area contributed by atoms with Crippen LogP contribution in [0.1, 0.15) is 44.9 Å². The highest BCUT2D eigenvalue weighted by Gasteiger charge is 2.24. The molecule has 104 valence electrons. The van der Waals surface area contributed by atoms with Crippen LogP contribution in [-0.2, 0) is 4.79 Å². The summed E-state index contributed by atoms with van der Waals surface area (Å²) >= 11 is 0. The molecule has 1 saturated carbocycles. The normalized spacial score (nSPS) is 25.7. The largest absolute Gasteiger partial charge is 0.395 e. The Labute approximate surface area is 110 Å². The minimum absolute atomic E-state index is 0.257. The van der Waals surface area contributed by atoms with Crippen LogP contribution in [0.4, 0.5) is 0 Å². The number of amides is 1. The predicted molar refractivity (Wildman–Crippen MR) is 71.3 cm³/mol. The molecule has 2 rings (SSSR count). The van der Waals surface area contributed by atoms with Crippen molar-refractivity contribution >= 4 is 5.91 Å². The summed E-state index contributed by atoms with van der Waals surface area (Å²) in [5, 5.41) is 12.3. The Morgan fingerprint density at radius 3 is 2.72 bits per heavy atom. The van der Waals surface area contributed by atoms with E-state index in [9.17, 15) is 9.90 Å². The van der Waals surface area contributed by atoms with Crippen molar-refractivity contribution in [1.29, 1.82) is 0 Å². The van der Waals surface area contributed by atoms with Crippen molar-refractivity contribution in [3.63, 3.8) is 0 Å². The standard InChI is InChI=1S/C14H26N2O2/c17-11-13-7-3-9-16(13)10-4-8-15-14(18)12-5-1-2-6-12/h12-13,17H,1-11H2,(H,15,18)/t13-/m0/s1. The molecule has 1 amide bonds. The first-order chi connectivity index (χ1) is 8.81. The van der Waals surface area contributed by atoms with Crippen LogP contribution in [0.25, 0.3) is 0 Å². The second-order valence-electron chi connectivity index (χ2n) is 5.64. The molecule has 1 saturated heterocycles. The van der Waals surface area contributed by atoms with E-state index in [4.69, 9.17) is 0 Å². The Balaban J connectivity index is 1.56. The Morgan fingerprint density at radius 2 is 2.00 bits per heavy atom. The van der Waals surface area contributed by atoms with Gasteiger partial charge in [0.25, 0.3) is 0 Å². The molecule has 0 spiro atoms. The van der Waals surface area contributed by atoms with Gasteiger partial charge >= 0.3 is 0 Å². The lowest BCUT2D eigenvalue weighted by atomic mass is 10.1. The summed E-state index contributed by atoms with van der Waals surface area (Å²) in [5.74, 6) is 0.537. The Kier molecular flexibility index (Phi) is 5.45. The Hall–Kier alpha value is -0.610. The molecule has 0 aromatic heterocycles. The predicted octanol–water partition coefficient (Wildman–Crippen LogP) is 1.14. The molecule has 1 heterocycles. The summed E-state index contributed by atoms with van der Waals surface area (Å²) in [4.78, 5) is 14.1. The molecule has 1 aliphatic heterocycles. The number of hydrogen-bond donors (Lipinski definition) is 2. The van der Waals surface area contributed by atoms with Crippen LogP contribution < -0.4 is 5.32 Å². The summed E-state index contributed by atoms with van der Waals surface area (Å²) in [6.45, 7) is 3.15. The third-order valence-electron chi connectivity index (χ3n) is 4.36. The molecule has 0 radical (unpaired) electrons. The minimum Gasteiger partial charge on any atom is -0.395 e. The fourth-order valence-corrected chi connectivity index (χ4v) is 3.22. The van der Waals surface area contributed by atoms with E-state index in [0.717, 1.165) is 45.3 Å². The van der Waals surface area contributed by atoms with Gasteiger partial charge in [-0.2, -0.15) is 0 Å². The van der Waals surface area contributed by atoms with Crippen LogP contribution in [0.2, 0.25) is 0 Å². The quantitative estimate of drug-likeness (QED) is 0.699. The minimum atomic E-state index is 0.257. The van der Waals surface area contributed by atoms with E-state index >= 15 is 0 Å². The first kappa shape index (κ1) is 13.8. The lowest BCUT2D eigenvalue weighted by Gasteiger charge is -2.22. The average Bonchev–Trinajstić information content (AvgIpc) is 3.04. The maximum Gasteiger partial charge on any atom is 0.223 e. The average molecular weight is 254 g/mol. The van der Waals surface area contributed by atoms with Gasteiger partial charge in [-0.25, -0.2) is 0 Å². The van der Waals surface area contributed by atoms with Crippen LogP contribution in [0.3, 0.4) is 0 Å². The smallest absolute Gasteiger partial charge is 0.223 e. The molecule has 0 aromatic rings. The van der Waals surface area contributed by atoms with Crippen LogP contribution in [0.5, 0.6) is 0 Å². The number of aliphatic hydroxyl groups is 1. The molecule has 4 heteroatoms. The van der Waals surface area contributed by atoms with Crippen molar-refractivity contribution in [2.45, 2.75) is 51.0 Å². The van der Waals surface area contributed by atoms with E-state index in [1.807, 2.05) is 0 Å². The van der Waals surface area contributed by atoms with E-state index in [1.54, 1.807) is 0 Å². The highest BCUT2D eigenvalue weighted by Crippen LogP contribution is 2.24. The highest BCUT2D eigenvalue weighted by atomic mass is 16.3. The molecule has 2 N–H and O–H groups in total. The van der Waals surface area contributed by atoms with Gasteiger partial charge in [0.2, 0.25) is 5.91 Å². The fourth-order valence-electron chi connectivity index (χ4n) is 3.22. The lowest BCUT2D eigenvalue weighted by Crippen LogP contribution is -2.36. The van der Waals surface area contributed by atoms with Crippen LogP contribution in [0, 0.1) is 5.92 Å². The van der Waals surface area contributed by atoms with Gasteiger partial charge in [-0.05, 0) is 38.6 Å². The van der Waals surface area contributed by atoms with Gasteiger partial charge < -0.3 is 10.4 Å². The molecule has 1 atom stereocenters. The van der Waals surface area contributed by atoms with Crippen LogP contribution in [-0.4, -0.2) is 48.2 Å². The van der Waals surface area contributed by atoms with E-state index < -0.39 is 0 Å². The summed E-state index contributed by atoms with van der Waals surface area (Å²) in [7, 11) is 0. The van der Waals surface area contributed by atoms with Gasteiger partial charge in [-0.3, -0.25) is 9.69 Å². The first-order valence-corrected chi connectivity index (χ1v) is 7.44. The fraction of sp³-hybridized carbons (Fsp3) is 0.929. The number of carbonyl (C=O) groups excluding carboxylic acids is 1.